The Morgan fingerprint density at radius 3 is 2.53 bits per heavy atom. The summed E-state index contributed by atoms with van der Waals surface area (Å²) in [5.41, 5.74) is 10.8. The van der Waals surface area contributed by atoms with Crippen LogP contribution in [0.5, 0.6) is 0 Å². The van der Waals surface area contributed by atoms with Crippen LogP contribution in [0, 0.1) is 6.92 Å². The maximum atomic E-state index is 5.93. The van der Waals surface area contributed by atoms with E-state index in [0.29, 0.717) is 0 Å². The fraction of sp³-hybridized carbons (Fsp3) is 0.200. The minimum absolute atomic E-state index is 0.0708. The van der Waals surface area contributed by atoms with E-state index < -0.39 is 0 Å². The zero-order chi connectivity index (χ0) is 12.4. The van der Waals surface area contributed by atoms with E-state index in [1.54, 1.807) is 0 Å². The van der Waals surface area contributed by atoms with E-state index >= 15 is 0 Å². The molecule has 2 aromatic carbocycles. The number of halogens is 1. The Morgan fingerprint density at radius 2 is 1.88 bits per heavy atom. The van der Waals surface area contributed by atoms with Gasteiger partial charge in [0.1, 0.15) is 0 Å². The molecule has 0 saturated carbocycles. The third-order valence-corrected chi connectivity index (χ3v) is 3.42. The van der Waals surface area contributed by atoms with E-state index in [2.05, 4.69) is 59.3 Å². The maximum Gasteiger partial charge on any atom is 0.0266 e. The molecule has 0 aliphatic heterocycles. The first kappa shape index (κ1) is 12.3. The Labute approximate surface area is 111 Å². The highest BCUT2D eigenvalue weighted by Gasteiger charge is 2.06. The number of hydrogen-bond acceptors (Lipinski definition) is 1. The molecule has 2 aromatic rings. The van der Waals surface area contributed by atoms with Crippen LogP contribution < -0.4 is 5.73 Å². The number of benzene rings is 2. The van der Waals surface area contributed by atoms with Gasteiger partial charge in [0.2, 0.25) is 0 Å². The Kier molecular flexibility index (Phi) is 3.65. The van der Waals surface area contributed by atoms with Crippen molar-refractivity contribution < 1.29 is 0 Å². The molecule has 2 N–H and O–H groups in total. The molecule has 2 heteroatoms. The lowest BCUT2D eigenvalue weighted by molar-refractivity contribution is 0.818. The third-order valence-electron chi connectivity index (χ3n) is 2.92. The number of rotatable bonds is 2. The molecule has 0 aliphatic rings. The summed E-state index contributed by atoms with van der Waals surface area (Å²) in [4.78, 5) is 0. The maximum absolute atomic E-state index is 5.93. The molecule has 0 bridgehead atoms. The van der Waals surface area contributed by atoms with Crippen molar-refractivity contribution in [3.8, 4) is 11.1 Å². The van der Waals surface area contributed by atoms with Crippen LogP contribution in [0.4, 0.5) is 0 Å². The van der Waals surface area contributed by atoms with E-state index in [1.165, 1.54) is 22.3 Å². The van der Waals surface area contributed by atoms with Gasteiger partial charge in [0, 0.05) is 10.5 Å². The van der Waals surface area contributed by atoms with Crippen molar-refractivity contribution in [1.82, 2.24) is 0 Å². The Morgan fingerprint density at radius 1 is 1.12 bits per heavy atom. The molecule has 0 aromatic heterocycles. The van der Waals surface area contributed by atoms with Crippen LogP contribution in [0.25, 0.3) is 11.1 Å². The van der Waals surface area contributed by atoms with Gasteiger partial charge in [-0.3, -0.25) is 0 Å². The molecule has 0 spiro atoms. The normalized spacial score (nSPS) is 12.5. The lowest BCUT2D eigenvalue weighted by Gasteiger charge is -2.11. The molecule has 0 radical (unpaired) electrons. The highest BCUT2D eigenvalue weighted by Crippen LogP contribution is 2.28. The van der Waals surface area contributed by atoms with E-state index in [-0.39, 0.29) is 6.04 Å². The van der Waals surface area contributed by atoms with Crippen LogP contribution in [-0.2, 0) is 0 Å². The predicted molar refractivity (Wildman–Crippen MR) is 76.9 cm³/mol. The molecule has 0 heterocycles. The van der Waals surface area contributed by atoms with Crippen LogP contribution in [0.1, 0.15) is 24.1 Å². The quantitative estimate of drug-likeness (QED) is 0.869. The molecule has 0 aliphatic carbocycles. The molecule has 1 unspecified atom stereocenters. The van der Waals surface area contributed by atoms with Crippen molar-refractivity contribution in [1.29, 1.82) is 0 Å². The Hall–Kier alpha value is -1.12. The molecular weight excluding hydrogens is 274 g/mol. The van der Waals surface area contributed by atoms with Gasteiger partial charge in [0.15, 0.2) is 0 Å². The van der Waals surface area contributed by atoms with Gasteiger partial charge < -0.3 is 5.73 Å². The molecule has 0 fully saturated rings. The molecule has 1 nitrogen and oxygen atoms in total. The summed E-state index contributed by atoms with van der Waals surface area (Å²) in [5, 5.41) is 0. The van der Waals surface area contributed by atoms with E-state index in [1.807, 2.05) is 13.0 Å². The first-order valence-electron chi connectivity index (χ1n) is 5.70. The standard InChI is InChI=1S/C15H16BrN/c1-10-6-7-12(11(2)17)9-15(10)13-4-3-5-14(16)8-13/h3-9,11H,17H2,1-2H3. The van der Waals surface area contributed by atoms with Gasteiger partial charge in [-0.25, -0.2) is 0 Å². The van der Waals surface area contributed by atoms with E-state index in [4.69, 9.17) is 5.73 Å². The molecule has 0 amide bonds. The molecule has 0 saturated heterocycles. The summed E-state index contributed by atoms with van der Waals surface area (Å²) in [6.45, 7) is 4.14. The fourth-order valence-electron chi connectivity index (χ4n) is 1.89. The SMILES string of the molecule is Cc1ccc(C(C)N)cc1-c1cccc(Br)c1. The van der Waals surface area contributed by atoms with Crippen molar-refractivity contribution in [2.45, 2.75) is 19.9 Å². The summed E-state index contributed by atoms with van der Waals surface area (Å²) in [6, 6.07) is 14.8. The lowest BCUT2D eigenvalue weighted by Crippen LogP contribution is -2.05. The summed E-state index contributed by atoms with van der Waals surface area (Å²) in [5.74, 6) is 0. The minimum atomic E-state index is 0.0708. The van der Waals surface area contributed by atoms with Gasteiger partial charge in [-0.05, 0) is 54.3 Å². The highest BCUT2D eigenvalue weighted by atomic mass is 79.9. The van der Waals surface area contributed by atoms with Crippen molar-refractivity contribution in [3.05, 3.63) is 58.1 Å². The molecule has 88 valence electrons. The van der Waals surface area contributed by atoms with E-state index in [0.717, 1.165) is 4.47 Å². The summed E-state index contributed by atoms with van der Waals surface area (Å²) in [6.07, 6.45) is 0. The van der Waals surface area contributed by atoms with Gasteiger partial charge >= 0.3 is 0 Å². The van der Waals surface area contributed by atoms with Gasteiger partial charge in [0.25, 0.3) is 0 Å². The monoisotopic (exact) mass is 289 g/mol. The average Bonchev–Trinajstić information content (AvgIpc) is 2.29. The van der Waals surface area contributed by atoms with Crippen molar-refractivity contribution in [2.24, 2.45) is 5.73 Å². The van der Waals surface area contributed by atoms with Crippen LogP contribution >= 0.6 is 15.9 Å². The topological polar surface area (TPSA) is 26.0 Å². The molecule has 1 atom stereocenters. The molecule has 17 heavy (non-hydrogen) atoms. The average molecular weight is 290 g/mol. The number of nitrogens with two attached hydrogens (primary N) is 1. The zero-order valence-corrected chi connectivity index (χ0v) is 11.7. The second kappa shape index (κ2) is 5.03. The van der Waals surface area contributed by atoms with Gasteiger partial charge in [-0.1, -0.05) is 40.2 Å². The summed E-state index contributed by atoms with van der Waals surface area (Å²) < 4.78 is 1.10. The second-order valence-corrected chi connectivity index (χ2v) is 5.29. The largest absolute Gasteiger partial charge is 0.324 e. The second-order valence-electron chi connectivity index (χ2n) is 4.37. The van der Waals surface area contributed by atoms with Gasteiger partial charge in [0.05, 0.1) is 0 Å². The summed E-state index contributed by atoms with van der Waals surface area (Å²) >= 11 is 3.51. The van der Waals surface area contributed by atoms with Crippen molar-refractivity contribution in [2.75, 3.05) is 0 Å². The van der Waals surface area contributed by atoms with Gasteiger partial charge in [-0.15, -0.1) is 0 Å². The van der Waals surface area contributed by atoms with Crippen LogP contribution in [-0.4, -0.2) is 0 Å². The molecular formula is C15H16BrN. The van der Waals surface area contributed by atoms with Crippen molar-refractivity contribution >= 4 is 15.9 Å². The predicted octanol–water partition coefficient (Wildman–Crippen LogP) is 4.44. The number of aryl methyl sites for hydroxylation is 1. The van der Waals surface area contributed by atoms with Crippen molar-refractivity contribution in [3.63, 3.8) is 0 Å². The van der Waals surface area contributed by atoms with Crippen LogP contribution in [0.15, 0.2) is 46.9 Å². The smallest absolute Gasteiger partial charge is 0.0266 e. The van der Waals surface area contributed by atoms with Crippen LogP contribution in [0.3, 0.4) is 0 Å². The van der Waals surface area contributed by atoms with Crippen LogP contribution in [0.2, 0.25) is 0 Å². The first-order chi connectivity index (χ1) is 8.08. The van der Waals surface area contributed by atoms with Gasteiger partial charge in [-0.2, -0.15) is 0 Å². The Bertz CT molecular complexity index is 532. The molecule has 2 rings (SSSR count). The lowest BCUT2D eigenvalue weighted by atomic mass is 9.96. The highest BCUT2D eigenvalue weighted by molar-refractivity contribution is 9.10. The minimum Gasteiger partial charge on any atom is -0.324 e. The zero-order valence-electron chi connectivity index (χ0n) is 10.1. The first-order valence-corrected chi connectivity index (χ1v) is 6.49. The summed E-state index contributed by atoms with van der Waals surface area (Å²) in [7, 11) is 0. The number of hydrogen-bond donors (Lipinski definition) is 1. The van der Waals surface area contributed by atoms with E-state index in [9.17, 15) is 0 Å². The Balaban J connectivity index is 2.54. The third kappa shape index (κ3) is 2.76. The fourth-order valence-corrected chi connectivity index (χ4v) is 2.29.